The van der Waals surface area contributed by atoms with Gasteiger partial charge in [-0.15, -0.1) is 5.10 Å². The van der Waals surface area contributed by atoms with Crippen molar-refractivity contribution >= 4 is 11.6 Å². The predicted octanol–water partition coefficient (Wildman–Crippen LogP) is 3.83. The Labute approximate surface area is 170 Å². The highest BCUT2D eigenvalue weighted by molar-refractivity contribution is 6.30. The van der Waals surface area contributed by atoms with Crippen molar-refractivity contribution in [3.05, 3.63) is 81.6 Å². The van der Waals surface area contributed by atoms with Gasteiger partial charge < -0.3 is 5.11 Å². The number of hydrogen-bond donors (Lipinski definition) is 1. The molecule has 0 aliphatic heterocycles. The molecule has 0 saturated heterocycles. The van der Waals surface area contributed by atoms with Crippen molar-refractivity contribution in [1.82, 2.24) is 14.3 Å². The van der Waals surface area contributed by atoms with Crippen LogP contribution in [-0.4, -0.2) is 31.7 Å². The highest BCUT2D eigenvalue weighted by Crippen LogP contribution is 2.24. The van der Waals surface area contributed by atoms with E-state index in [9.17, 15) is 23.1 Å². The molecule has 1 atom stereocenters. The van der Waals surface area contributed by atoms with Crippen molar-refractivity contribution in [2.24, 2.45) is 0 Å². The van der Waals surface area contributed by atoms with Crippen molar-refractivity contribution in [1.29, 1.82) is 0 Å². The second-order valence-electron chi connectivity index (χ2n) is 6.64. The van der Waals surface area contributed by atoms with Gasteiger partial charge in [0.2, 0.25) is 0 Å². The van der Waals surface area contributed by atoms with Crippen LogP contribution in [0, 0.1) is 13.8 Å². The number of nitrogens with zero attached hydrogens (tertiary/aromatic N) is 3. The Balaban J connectivity index is 2.08. The number of alkyl halides is 3. The third kappa shape index (κ3) is 4.54. The van der Waals surface area contributed by atoms with Gasteiger partial charge in [0.15, 0.2) is 11.9 Å². The van der Waals surface area contributed by atoms with Gasteiger partial charge in [-0.1, -0.05) is 29.8 Å². The van der Waals surface area contributed by atoms with Gasteiger partial charge in [0, 0.05) is 10.6 Å². The average Bonchev–Trinajstić information content (AvgIpc) is 2.95. The molecule has 3 rings (SSSR count). The first-order valence-electron chi connectivity index (χ1n) is 8.66. The Bertz CT molecular complexity index is 1070. The van der Waals surface area contributed by atoms with E-state index in [1.165, 1.54) is 0 Å². The zero-order chi connectivity index (χ0) is 21.3. The topological polar surface area (TPSA) is 60.1 Å². The van der Waals surface area contributed by atoms with E-state index in [2.05, 4.69) is 12.0 Å². The Morgan fingerprint density at radius 3 is 2.48 bits per heavy atom. The minimum atomic E-state index is -4.86. The zero-order valence-electron chi connectivity index (χ0n) is 15.4. The third-order valence-corrected chi connectivity index (χ3v) is 4.89. The van der Waals surface area contributed by atoms with E-state index in [0.717, 1.165) is 25.9 Å². The van der Waals surface area contributed by atoms with Crippen LogP contribution in [0.15, 0.2) is 47.3 Å². The fourth-order valence-corrected chi connectivity index (χ4v) is 2.99. The lowest BCUT2D eigenvalue weighted by molar-refractivity contribution is -0.207. The molecule has 0 spiro atoms. The maximum Gasteiger partial charge on any atom is 0.416 e. The van der Waals surface area contributed by atoms with Crippen LogP contribution in [-0.2, 0) is 13.1 Å². The smallest absolute Gasteiger partial charge is 0.382 e. The summed E-state index contributed by atoms with van der Waals surface area (Å²) in [5.41, 5.74) is 2.05. The minimum Gasteiger partial charge on any atom is -0.382 e. The molecule has 3 aromatic rings. The Hall–Kier alpha value is -2.58. The first kappa shape index (κ1) is 21.1. The second-order valence-corrected chi connectivity index (χ2v) is 7.08. The Morgan fingerprint density at radius 1 is 1.21 bits per heavy atom. The predicted molar refractivity (Wildman–Crippen MR) is 104 cm³/mol. The van der Waals surface area contributed by atoms with Crippen molar-refractivity contribution in [3.63, 3.8) is 0 Å². The highest BCUT2D eigenvalue weighted by atomic mass is 35.5. The number of aliphatic hydroxyl groups is 1. The lowest BCUT2D eigenvalue weighted by Gasteiger charge is -2.15. The van der Waals surface area contributed by atoms with Gasteiger partial charge in [0.05, 0.1) is 13.1 Å². The molecule has 1 radical (unpaired) electrons. The molecule has 1 heterocycles. The van der Waals surface area contributed by atoms with Crippen LogP contribution in [0.5, 0.6) is 0 Å². The van der Waals surface area contributed by atoms with E-state index in [1.807, 2.05) is 13.0 Å². The van der Waals surface area contributed by atoms with Crippen LogP contribution < -0.4 is 5.69 Å². The van der Waals surface area contributed by atoms with Crippen LogP contribution in [0.1, 0.15) is 16.7 Å². The lowest BCUT2D eigenvalue weighted by atomic mass is 10.0. The lowest BCUT2D eigenvalue weighted by Crippen LogP contribution is -2.37. The molecule has 153 valence electrons. The molecule has 0 unspecified atom stereocenters. The molecule has 0 aliphatic rings. The molecule has 0 amide bonds. The second kappa shape index (κ2) is 8.04. The molecule has 0 bridgehead atoms. The van der Waals surface area contributed by atoms with Gasteiger partial charge in [-0.25, -0.2) is 9.48 Å². The molecule has 0 saturated carbocycles. The van der Waals surface area contributed by atoms with Gasteiger partial charge >= 0.3 is 11.9 Å². The summed E-state index contributed by atoms with van der Waals surface area (Å²) in [6.07, 6.45) is -7.56. The van der Waals surface area contributed by atoms with Crippen molar-refractivity contribution in [2.45, 2.75) is 32.3 Å². The quantitative estimate of drug-likeness (QED) is 0.677. The molecule has 1 N–H and O–H groups in total. The third-order valence-electron chi connectivity index (χ3n) is 4.64. The average molecular weight is 425 g/mol. The summed E-state index contributed by atoms with van der Waals surface area (Å²) in [6, 6.07) is 11.6. The van der Waals surface area contributed by atoms with E-state index in [-0.39, 0.29) is 12.4 Å². The SMILES string of the molecule is [CH2]c1cccc(Cn2nc(-c3ccc(Cl)cc3)n(C[C@H](O)C(F)(F)F)c2=O)c1C. The first-order valence-corrected chi connectivity index (χ1v) is 9.04. The van der Waals surface area contributed by atoms with Gasteiger partial charge in [0.25, 0.3) is 0 Å². The van der Waals surface area contributed by atoms with E-state index in [4.69, 9.17) is 11.6 Å². The summed E-state index contributed by atoms with van der Waals surface area (Å²) >= 11 is 5.87. The summed E-state index contributed by atoms with van der Waals surface area (Å²) in [6.45, 7) is 4.84. The summed E-state index contributed by atoms with van der Waals surface area (Å²) in [5.74, 6) is 0.0124. The van der Waals surface area contributed by atoms with Crippen LogP contribution in [0.2, 0.25) is 5.02 Å². The Morgan fingerprint density at radius 2 is 1.86 bits per heavy atom. The zero-order valence-corrected chi connectivity index (χ0v) is 16.2. The molecule has 29 heavy (non-hydrogen) atoms. The van der Waals surface area contributed by atoms with Crippen LogP contribution >= 0.6 is 11.6 Å². The summed E-state index contributed by atoms with van der Waals surface area (Å²) in [4.78, 5) is 12.8. The fourth-order valence-electron chi connectivity index (χ4n) is 2.87. The number of benzene rings is 2. The number of aromatic nitrogens is 3. The van der Waals surface area contributed by atoms with E-state index in [0.29, 0.717) is 10.6 Å². The molecule has 5 nitrogen and oxygen atoms in total. The highest BCUT2D eigenvalue weighted by Gasteiger charge is 2.39. The number of hydrogen-bond acceptors (Lipinski definition) is 3. The number of rotatable bonds is 5. The summed E-state index contributed by atoms with van der Waals surface area (Å²) < 4.78 is 40.6. The van der Waals surface area contributed by atoms with Crippen molar-refractivity contribution in [2.75, 3.05) is 0 Å². The molecule has 1 aromatic heterocycles. The molecule has 9 heteroatoms. The van der Waals surface area contributed by atoms with Crippen molar-refractivity contribution < 1.29 is 18.3 Å². The summed E-state index contributed by atoms with van der Waals surface area (Å²) in [5, 5.41) is 14.2. The van der Waals surface area contributed by atoms with E-state index in [1.54, 1.807) is 36.4 Å². The molecular weight excluding hydrogens is 407 g/mol. The molecular formula is C20H18ClF3N3O2. The van der Waals surface area contributed by atoms with Crippen molar-refractivity contribution in [3.8, 4) is 11.4 Å². The van der Waals surface area contributed by atoms with E-state index < -0.39 is 24.5 Å². The van der Waals surface area contributed by atoms with Gasteiger partial charge in [-0.2, -0.15) is 13.2 Å². The van der Waals surface area contributed by atoms with Crippen LogP contribution in [0.25, 0.3) is 11.4 Å². The van der Waals surface area contributed by atoms with E-state index >= 15 is 0 Å². The monoisotopic (exact) mass is 424 g/mol. The molecule has 0 aliphatic carbocycles. The normalized spacial score (nSPS) is 12.9. The van der Waals surface area contributed by atoms with Crippen LogP contribution in [0.3, 0.4) is 0 Å². The van der Waals surface area contributed by atoms with Crippen LogP contribution in [0.4, 0.5) is 13.2 Å². The van der Waals surface area contributed by atoms with Gasteiger partial charge in [0.1, 0.15) is 0 Å². The van der Waals surface area contributed by atoms with Gasteiger partial charge in [-0.05, 0) is 54.8 Å². The maximum atomic E-state index is 12.9. The fraction of sp³-hybridized carbons (Fsp3) is 0.250. The minimum absolute atomic E-state index is 0.0124. The first-order chi connectivity index (χ1) is 13.6. The number of aliphatic hydroxyl groups excluding tert-OH is 1. The standard InChI is InChI=1S/C20H18ClF3N3O2/c1-12-4-3-5-15(13(12)2)10-27-19(29)26(11-17(28)20(22,23)24)18(25-27)14-6-8-16(21)9-7-14/h3-9,17,28H,1,10-11H2,2H3/t17-/m0/s1. The largest absolute Gasteiger partial charge is 0.416 e. The Kier molecular flexibility index (Phi) is 5.86. The molecule has 2 aromatic carbocycles. The number of halogens is 4. The maximum absolute atomic E-state index is 12.9. The summed E-state index contributed by atoms with van der Waals surface area (Å²) in [7, 11) is 0. The molecule has 0 fully saturated rings. The van der Waals surface area contributed by atoms with Gasteiger partial charge in [-0.3, -0.25) is 4.57 Å².